The number of anilines is 1. The summed E-state index contributed by atoms with van der Waals surface area (Å²) in [6.07, 6.45) is 7.55. The number of ether oxygens (including phenoxy) is 1. The fraction of sp³-hybridized carbons (Fsp3) is 0.375. The molecule has 2 amide bonds. The smallest absolute Gasteiger partial charge is 0.337 e. The van der Waals surface area contributed by atoms with Gasteiger partial charge in [0, 0.05) is 11.9 Å². The highest BCUT2D eigenvalue weighted by Gasteiger charge is 2.08. The van der Waals surface area contributed by atoms with Crippen LogP contribution in [-0.4, -0.2) is 19.1 Å². The molecule has 0 unspecified atom stereocenters. The second kappa shape index (κ2) is 7.47. The van der Waals surface area contributed by atoms with Gasteiger partial charge < -0.3 is 15.4 Å². The first-order chi connectivity index (χ1) is 10.2. The Balaban J connectivity index is 1.91. The van der Waals surface area contributed by atoms with E-state index in [1.165, 1.54) is 31.9 Å². The fourth-order valence-corrected chi connectivity index (χ4v) is 2.33. The first kappa shape index (κ1) is 15.1. The fourth-order valence-electron chi connectivity index (χ4n) is 2.33. The third-order valence-corrected chi connectivity index (χ3v) is 3.44. The molecule has 1 fully saturated rings. The Labute approximate surface area is 124 Å². The Morgan fingerprint density at radius 3 is 2.67 bits per heavy atom. The van der Waals surface area contributed by atoms with Gasteiger partial charge in [-0.3, -0.25) is 0 Å². The molecule has 0 bridgehead atoms. The molecule has 2 rings (SSSR count). The van der Waals surface area contributed by atoms with Gasteiger partial charge in [0.15, 0.2) is 0 Å². The number of amides is 2. The third kappa shape index (κ3) is 4.63. The van der Waals surface area contributed by atoms with Gasteiger partial charge in [0.05, 0.1) is 12.7 Å². The zero-order valence-corrected chi connectivity index (χ0v) is 12.1. The van der Waals surface area contributed by atoms with E-state index in [9.17, 15) is 9.59 Å². The molecule has 0 saturated heterocycles. The van der Waals surface area contributed by atoms with Crippen molar-refractivity contribution in [3.63, 3.8) is 0 Å². The molecule has 1 aromatic rings. The molecule has 1 saturated carbocycles. The van der Waals surface area contributed by atoms with E-state index in [0.29, 0.717) is 11.3 Å². The number of nitrogens with one attached hydrogen (secondary N) is 2. The van der Waals surface area contributed by atoms with Crippen molar-refractivity contribution in [2.45, 2.75) is 32.1 Å². The molecule has 21 heavy (non-hydrogen) atoms. The Morgan fingerprint density at radius 2 is 1.95 bits per heavy atom. The van der Waals surface area contributed by atoms with Crippen LogP contribution in [0.15, 0.2) is 36.0 Å². The van der Waals surface area contributed by atoms with Crippen molar-refractivity contribution in [1.29, 1.82) is 0 Å². The minimum absolute atomic E-state index is 0.310. The second-order valence-corrected chi connectivity index (χ2v) is 5.03. The van der Waals surface area contributed by atoms with Gasteiger partial charge in [-0.15, -0.1) is 0 Å². The van der Waals surface area contributed by atoms with E-state index in [4.69, 9.17) is 0 Å². The standard InChI is InChI=1S/C16H20N2O3/c1-21-15(19)13-8-5-9-14(10-13)18-16(20)17-11-12-6-3-2-4-7-12/h5,8-11H,2-4,6-7H2,1H3,(H2,17,18,20). The Bertz CT molecular complexity index is 544. The van der Waals surface area contributed by atoms with Crippen LogP contribution in [0.3, 0.4) is 0 Å². The molecule has 0 spiro atoms. The molecule has 0 aliphatic heterocycles. The average molecular weight is 288 g/mol. The lowest BCUT2D eigenvalue weighted by molar-refractivity contribution is 0.0600. The zero-order valence-electron chi connectivity index (χ0n) is 12.1. The van der Waals surface area contributed by atoms with Gasteiger partial charge in [-0.05, 0) is 43.9 Å². The van der Waals surface area contributed by atoms with Crippen molar-refractivity contribution in [3.05, 3.63) is 41.6 Å². The molecule has 2 N–H and O–H groups in total. The average Bonchev–Trinajstić information content (AvgIpc) is 2.53. The topological polar surface area (TPSA) is 67.4 Å². The number of methoxy groups -OCH3 is 1. The predicted octanol–water partition coefficient (Wildman–Crippen LogP) is 3.44. The van der Waals surface area contributed by atoms with Gasteiger partial charge in [-0.2, -0.15) is 0 Å². The van der Waals surface area contributed by atoms with E-state index in [2.05, 4.69) is 15.4 Å². The highest BCUT2D eigenvalue weighted by molar-refractivity contribution is 5.94. The molecular weight excluding hydrogens is 268 g/mol. The molecule has 0 radical (unpaired) electrons. The maximum absolute atomic E-state index is 11.8. The SMILES string of the molecule is COC(=O)c1cccc(NC(=O)NC=C2CCCCC2)c1. The first-order valence-corrected chi connectivity index (χ1v) is 7.13. The van der Waals surface area contributed by atoms with Crippen molar-refractivity contribution >= 4 is 17.7 Å². The van der Waals surface area contributed by atoms with E-state index in [0.717, 1.165) is 12.8 Å². The van der Waals surface area contributed by atoms with Crippen LogP contribution in [0, 0.1) is 0 Å². The first-order valence-electron chi connectivity index (χ1n) is 7.13. The van der Waals surface area contributed by atoms with Crippen LogP contribution in [-0.2, 0) is 4.74 Å². The third-order valence-electron chi connectivity index (χ3n) is 3.44. The molecular formula is C16H20N2O3. The lowest BCUT2D eigenvalue weighted by Crippen LogP contribution is -2.24. The summed E-state index contributed by atoms with van der Waals surface area (Å²) in [6.45, 7) is 0. The summed E-state index contributed by atoms with van der Waals surface area (Å²) < 4.78 is 4.65. The summed E-state index contributed by atoms with van der Waals surface area (Å²) in [6, 6.07) is 6.33. The number of hydrogen-bond donors (Lipinski definition) is 2. The lowest BCUT2D eigenvalue weighted by Gasteiger charge is -2.13. The van der Waals surface area contributed by atoms with E-state index >= 15 is 0 Å². The minimum Gasteiger partial charge on any atom is -0.465 e. The minimum atomic E-state index is -0.427. The van der Waals surface area contributed by atoms with Crippen molar-refractivity contribution in [2.24, 2.45) is 0 Å². The van der Waals surface area contributed by atoms with Gasteiger partial charge in [-0.25, -0.2) is 9.59 Å². The normalized spacial score (nSPS) is 14.2. The quantitative estimate of drug-likeness (QED) is 0.837. The molecule has 1 aliphatic rings. The summed E-state index contributed by atoms with van der Waals surface area (Å²) >= 11 is 0. The van der Waals surface area contributed by atoms with E-state index in [-0.39, 0.29) is 6.03 Å². The number of rotatable bonds is 3. The van der Waals surface area contributed by atoms with Crippen LogP contribution >= 0.6 is 0 Å². The number of urea groups is 1. The summed E-state index contributed by atoms with van der Waals surface area (Å²) in [5.74, 6) is -0.427. The van der Waals surface area contributed by atoms with E-state index < -0.39 is 5.97 Å². The molecule has 5 heteroatoms. The summed E-state index contributed by atoms with van der Waals surface area (Å²) in [5, 5.41) is 5.43. The molecule has 0 heterocycles. The summed E-state index contributed by atoms with van der Waals surface area (Å²) in [4.78, 5) is 23.2. The number of esters is 1. The van der Waals surface area contributed by atoms with Crippen LogP contribution in [0.1, 0.15) is 42.5 Å². The Hall–Kier alpha value is -2.30. The summed E-state index contributed by atoms with van der Waals surface area (Å²) in [7, 11) is 1.32. The van der Waals surface area contributed by atoms with E-state index in [1.54, 1.807) is 30.5 Å². The van der Waals surface area contributed by atoms with Crippen LogP contribution in [0.4, 0.5) is 10.5 Å². The molecule has 112 valence electrons. The van der Waals surface area contributed by atoms with Crippen LogP contribution < -0.4 is 10.6 Å². The van der Waals surface area contributed by atoms with E-state index in [1.807, 2.05) is 0 Å². The molecule has 5 nitrogen and oxygen atoms in total. The van der Waals surface area contributed by atoms with Crippen LogP contribution in [0.25, 0.3) is 0 Å². The number of carbonyl (C=O) groups is 2. The largest absolute Gasteiger partial charge is 0.465 e. The molecule has 0 aromatic heterocycles. The van der Waals surface area contributed by atoms with Crippen molar-refractivity contribution in [1.82, 2.24) is 5.32 Å². The number of benzene rings is 1. The molecule has 0 atom stereocenters. The maximum atomic E-state index is 11.8. The van der Waals surface area contributed by atoms with Gasteiger partial charge in [-0.1, -0.05) is 18.1 Å². The number of allylic oxidation sites excluding steroid dienone is 1. The zero-order chi connectivity index (χ0) is 15.1. The van der Waals surface area contributed by atoms with Crippen molar-refractivity contribution in [3.8, 4) is 0 Å². The van der Waals surface area contributed by atoms with Gasteiger partial charge in [0.1, 0.15) is 0 Å². The van der Waals surface area contributed by atoms with Gasteiger partial charge in [0.2, 0.25) is 0 Å². The van der Waals surface area contributed by atoms with Crippen LogP contribution in [0.5, 0.6) is 0 Å². The Morgan fingerprint density at radius 1 is 1.19 bits per heavy atom. The molecule has 1 aliphatic carbocycles. The number of carbonyl (C=O) groups excluding carboxylic acids is 2. The monoisotopic (exact) mass is 288 g/mol. The second-order valence-electron chi connectivity index (χ2n) is 5.03. The highest BCUT2D eigenvalue weighted by Crippen LogP contribution is 2.21. The highest BCUT2D eigenvalue weighted by atomic mass is 16.5. The van der Waals surface area contributed by atoms with Gasteiger partial charge in [0.25, 0.3) is 0 Å². The van der Waals surface area contributed by atoms with Crippen molar-refractivity contribution < 1.29 is 14.3 Å². The van der Waals surface area contributed by atoms with Gasteiger partial charge >= 0.3 is 12.0 Å². The van der Waals surface area contributed by atoms with Crippen LogP contribution in [0.2, 0.25) is 0 Å². The van der Waals surface area contributed by atoms with Crippen molar-refractivity contribution in [2.75, 3.05) is 12.4 Å². The maximum Gasteiger partial charge on any atom is 0.337 e. The predicted molar refractivity (Wildman–Crippen MR) is 81.1 cm³/mol. The summed E-state index contributed by atoms with van der Waals surface area (Å²) in [5.41, 5.74) is 2.23. The Kier molecular flexibility index (Phi) is 5.37. The number of hydrogen-bond acceptors (Lipinski definition) is 3. The molecule has 1 aromatic carbocycles. The lowest BCUT2D eigenvalue weighted by atomic mass is 9.96.